The zero-order valence-electron chi connectivity index (χ0n) is 17.6. The van der Waals surface area contributed by atoms with Crippen LogP contribution in [0.5, 0.6) is 0 Å². The maximum absolute atomic E-state index is 12.8. The Bertz CT molecular complexity index is 1250. The Kier molecular flexibility index (Phi) is 7.02. The number of β-lactam (4-membered cyclic amide) rings is 1. The van der Waals surface area contributed by atoms with Crippen molar-refractivity contribution < 1.29 is 34.6 Å². The van der Waals surface area contributed by atoms with Gasteiger partial charge in [-0.1, -0.05) is 47.2 Å². The SMILES string of the molecule is O=C(O)Cn1nnnc1SCC1=C(C(=O)O)N2C(=O)C(NC(=O)/C(=N/O)c3ccccc3)[C@H]2SC1. The summed E-state index contributed by atoms with van der Waals surface area (Å²) >= 11 is 2.31. The predicted octanol–water partition coefficient (Wildman–Crippen LogP) is -0.533. The van der Waals surface area contributed by atoms with Gasteiger partial charge in [0.2, 0.25) is 5.16 Å². The number of carbonyl (C=O) groups excluding carboxylic acids is 2. The van der Waals surface area contributed by atoms with Crippen LogP contribution in [0, 0.1) is 0 Å². The van der Waals surface area contributed by atoms with Crippen molar-refractivity contribution in [3.8, 4) is 0 Å². The van der Waals surface area contributed by atoms with E-state index in [1.807, 2.05) is 0 Å². The van der Waals surface area contributed by atoms with E-state index in [-0.39, 0.29) is 28.1 Å². The Labute approximate surface area is 205 Å². The van der Waals surface area contributed by atoms with Crippen molar-refractivity contribution in [1.29, 1.82) is 0 Å². The number of benzene rings is 1. The van der Waals surface area contributed by atoms with Gasteiger partial charge < -0.3 is 20.7 Å². The summed E-state index contributed by atoms with van der Waals surface area (Å²) in [6, 6.07) is 7.18. The lowest BCUT2D eigenvalue weighted by Crippen LogP contribution is -2.71. The molecule has 1 aromatic heterocycles. The highest BCUT2D eigenvalue weighted by molar-refractivity contribution is 8.01. The molecule has 0 aliphatic carbocycles. The standard InChI is InChI=1S/C19H17N7O7S2/c27-11(28)6-25-19(21-23-24-25)35-8-10-7-34-17-13(16(30)26(17)14(10)18(31)32)20-15(29)12(22-33)9-4-2-1-3-5-9/h1-5,13,17,33H,6-8H2,(H,20,29)(H,27,28)(H,31,32)/b22-12+/t13?,17-/m1/s1. The molecule has 4 rings (SSSR count). The van der Waals surface area contributed by atoms with Crippen LogP contribution < -0.4 is 5.32 Å². The molecule has 4 N–H and O–H groups in total. The average molecular weight is 520 g/mol. The van der Waals surface area contributed by atoms with Crippen LogP contribution in [0.3, 0.4) is 0 Å². The number of fused-ring (bicyclic) bond motifs is 1. The molecule has 14 nitrogen and oxygen atoms in total. The van der Waals surface area contributed by atoms with Crippen LogP contribution >= 0.6 is 23.5 Å². The van der Waals surface area contributed by atoms with E-state index in [2.05, 4.69) is 26.0 Å². The fourth-order valence-corrected chi connectivity index (χ4v) is 5.87. The molecule has 16 heteroatoms. The maximum Gasteiger partial charge on any atom is 0.352 e. The minimum Gasteiger partial charge on any atom is -0.480 e. The summed E-state index contributed by atoms with van der Waals surface area (Å²) in [5, 5.41) is 43.9. The molecular formula is C19H17N7O7S2. The second-order valence-corrected chi connectivity index (χ2v) is 9.28. The number of amides is 2. The molecule has 2 aromatic rings. The van der Waals surface area contributed by atoms with E-state index in [0.29, 0.717) is 11.1 Å². The first-order valence-corrected chi connectivity index (χ1v) is 11.9. The van der Waals surface area contributed by atoms with Gasteiger partial charge in [-0.05, 0) is 16.0 Å². The molecule has 2 aliphatic heterocycles. The molecule has 1 fully saturated rings. The quantitative estimate of drug-likeness (QED) is 0.109. The first-order chi connectivity index (χ1) is 16.8. The molecule has 1 aromatic carbocycles. The van der Waals surface area contributed by atoms with Crippen molar-refractivity contribution in [2.24, 2.45) is 5.16 Å². The van der Waals surface area contributed by atoms with E-state index >= 15 is 0 Å². The van der Waals surface area contributed by atoms with Gasteiger partial charge in [0, 0.05) is 17.1 Å². The van der Waals surface area contributed by atoms with Gasteiger partial charge in [0.15, 0.2) is 5.71 Å². The molecule has 0 spiro atoms. The van der Waals surface area contributed by atoms with Gasteiger partial charge in [-0.15, -0.1) is 16.9 Å². The number of nitrogens with zero attached hydrogens (tertiary/aromatic N) is 6. The van der Waals surface area contributed by atoms with Crippen LogP contribution in [0.1, 0.15) is 5.56 Å². The van der Waals surface area contributed by atoms with Gasteiger partial charge in [0.1, 0.15) is 23.7 Å². The molecule has 0 saturated carbocycles. The van der Waals surface area contributed by atoms with Crippen molar-refractivity contribution in [2.45, 2.75) is 23.1 Å². The first-order valence-electron chi connectivity index (χ1n) is 9.91. The second kappa shape index (κ2) is 10.1. The number of carboxylic acids is 2. The number of nitrogens with one attached hydrogen (secondary N) is 1. The second-order valence-electron chi connectivity index (χ2n) is 7.23. The van der Waals surface area contributed by atoms with Crippen LogP contribution in [0.25, 0.3) is 0 Å². The van der Waals surface area contributed by atoms with Crippen LogP contribution in [-0.4, -0.2) is 92.9 Å². The Hall–Kier alpha value is -3.92. The van der Waals surface area contributed by atoms with Gasteiger partial charge in [-0.2, -0.15) is 0 Å². The number of carboxylic acid groups (broad SMARTS) is 2. The van der Waals surface area contributed by atoms with Crippen molar-refractivity contribution in [3.63, 3.8) is 0 Å². The summed E-state index contributed by atoms with van der Waals surface area (Å²) in [5.74, 6) is -3.48. The lowest BCUT2D eigenvalue weighted by molar-refractivity contribution is -0.150. The normalized spacial score (nSPS) is 19.7. The summed E-state index contributed by atoms with van der Waals surface area (Å²) in [6.45, 7) is -0.453. The Morgan fingerprint density at radius 2 is 1.97 bits per heavy atom. The van der Waals surface area contributed by atoms with Crippen molar-refractivity contribution in [3.05, 3.63) is 47.2 Å². The van der Waals surface area contributed by atoms with E-state index in [9.17, 15) is 29.5 Å². The van der Waals surface area contributed by atoms with Crippen molar-refractivity contribution >= 4 is 53.0 Å². The van der Waals surface area contributed by atoms with E-state index in [1.54, 1.807) is 30.3 Å². The molecule has 0 radical (unpaired) electrons. The number of hydrogen-bond acceptors (Lipinski definition) is 11. The molecule has 2 atom stereocenters. The molecule has 2 aliphatic rings. The van der Waals surface area contributed by atoms with Gasteiger partial charge in [0.05, 0.1) is 0 Å². The summed E-state index contributed by atoms with van der Waals surface area (Å²) in [6.07, 6.45) is 0. The Balaban J connectivity index is 1.47. The topological polar surface area (TPSA) is 200 Å². The van der Waals surface area contributed by atoms with Crippen LogP contribution in [-0.2, 0) is 25.7 Å². The van der Waals surface area contributed by atoms with Crippen LogP contribution in [0.2, 0.25) is 0 Å². The highest BCUT2D eigenvalue weighted by atomic mass is 32.2. The molecule has 3 heterocycles. The lowest BCUT2D eigenvalue weighted by atomic mass is 10.0. The first kappa shape index (κ1) is 24.2. The number of hydrogen-bond donors (Lipinski definition) is 4. The van der Waals surface area contributed by atoms with Gasteiger partial charge >= 0.3 is 11.9 Å². The summed E-state index contributed by atoms with van der Waals surface area (Å²) in [7, 11) is 0. The largest absolute Gasteiger partial charge is 0.480 e. The fraction of sp³-hybridized carbons (Fsp3) is 0.263. The summed E-state index contributed by atoms with van der Waals surface area (Å²) in [4.78, 5) is 49.5. The molecule has 0 bridgehead atoms. The molecule has 2 amide bonds. The molecular weight excluding hydrogens is 502 g/mol. The van der Waals surface area contributed by atoms with Crippen molar-refractivity contribution in [1.82, 2.24) is 30.4 Å². The summed E-state index contributed by atoms with van der Waals surface area (Å²) in [5.41, 5.74) is 0.299. The number of rotatable bonds is 9. The van der Waals surface area contributed by atoms with Crippen molar-refractivity contribution in [2.75, 3.05) is 11.5 Å². The number of tetrazole rings is 1. The van der Waals surface area contributed by atoms with Crippen LogP contribution in [0.15, 0.2) is 51.9 Å². The molecule has 1 saturated heterocycles. The third-order valence-electron chi connectivity index (χ3n) is 5.06. The zero-order chi connectivity index (χ0) is 25.1. The molecule has 1 unspecified atom stereocenters. The van der Waals surface area contributed by atoms with Gasteiger partial charge in [-0.25, -0.2) is 9.48 Å². The zero-order valence-corrected chi connectivity index (χ0v) is 19.3. The van der Waals surface area contributed by atoms with Gasteiger partial charge in [0.25, 0.3) is 11.8 Å². The molecule has 182 valence electrons. The minimum atomic E-state index is -1.31. The molecule has 35 heavy (non-hydrogen) atoms. The third-order valence-corrected chi connectivity index (χ3v) is 7.44. The van der Waals surface area contributed by atoms with Gasteiger partial charge in [-0.3, -0.25) is 19.3 Å². The minimum absolute atomic E-state index is 0.109. The smallest absolute Gasteiger partial charge is 0.352 e. The number of aromatic nitrogens is 4. The monoisotopic (exact) mass is 519 g/mol. The Morgan fingerprint density at radius 1 is 1.23 bits per heavy atom. The predicted molar refractivity (Wildman–Crippen MR) is 121 cm³/mol. The van der Waals surface area contributed by atoms with E-state index < -0.39 is 41.7 Å². The third kappa shape index (κ3) is 4.83. The number of carbonyl (C=O) groups is 4. The number of aliphatic carboxylic acids is 2. The van der Waals surface area contributed by atoms with Crippen LogP contribution in [0.4, 0.5) is 0 Å². The number of oxime groups is 1. The number of thioether (sulfide) groups is 2. The highest BCUT2D eigenvalue weighted by Crippen LogP contribution is 2.41. The average Bonchev–Trinajstić information content (AvgIpc) is 3.27. The van der Waals surface area contributed by atoms with E-state index in [0.717, 1.165) is 21.3 Å². The van der Waals surface area contributed by atoms with E-state index in [1.165, 1.54) is 11.8 Å². The maximum atomic E-state index is 12.8. The highest BCUT2D eigenvalue weighted by Gasteiger charge is 2.54. The van der Waals surface area contributed by atoms with E-state index in [4.69, 9.17) is 5.11 Å². The lowest BCUT2D eigenvalue weighted by Gasteiger charge is -2.49. The summed E-state index contributed by atoms with van der Waals surface area (Å²) < 4.78 is 1.07. The fourth-order valence-electron chi connectivity index (χ4n) is 3.51. The Morgan fingerprint density at radius 3 is 2.63 bits per heavy atom.